The number of rotatable bonds is 3. The molecule has 88 valence electrons. The van der Waals surface area contributed by atoms with Crippen LogP contribution in [0, 0.1) is 0 Å². The van der Waals surface area contributed by atoms with Crippen molar-refractivity contribution in [3.8, 4) is 0 Å². The lowest BCUT2D eigenvalue weighted by atomic mass is 10.2. The Balaban J connectivity index is 3.11. The van der Waals surface area contributed by atoms with Crippen LogP contribution in [0.5, 0.6) is 0 Å². The van der Waals surface area contributed by atoms with E-state index in [1.165, 1.54) is 18.9 Å². The first-order valence-electron chi connectivity index (χ1n) is 4.34. The van der Waals surface area contributed by atoms with E-state index < -0.39 is 7.37 Å². The summed E-state index contributed by atoms with van der Waals surface area (Å²) in [6, 6.07) is 4.88. The largest absolute Gasteiger partial charge is 0.442 e. The lowest BCUT2D eigenvalue weighted by Gasteiger charge is -2.14. The smallest absolute Gasteiger partial charge is 0.242 e. The first-order chi connectivity index (χ1) is 7.33. The monoisotopic (exact) mass is 298 g/mol. The molecule has 0 spiro atoms. The van der Waals surface area contributed by atoms with Gasteiger partial charge in [0.15, 0.2) is 0 Å². The van der Waals surface area contributed by atoms with Gasteiger partial charge >= 0.3 is 0 Å². The molecule has 0 aliphatic heterocycles. The maximum absolute atomic E-state index is 11.5. The second-order valence-corrected chi connectivity index (χ2v) is 7.19. The summed E-state index contributed by atoms with van der Waals surface area (Å²) in [4.78, 5) is 0. The summed E-state index contributed by atoms with van der Waals surface area (Å²) >= 11 is 17.4. The van der Waals surface area contributed by atoms with Gasteiger partial charge in [0.25, 0.3) is 0 Å². The van der Waals surface area contributed by atoms with E-state index in [2.05, 4.69) is 0 Å². The molecule has 0 amide bonds. The van der Waals surface area contributed by atoms with Gasteiger partial charge in [0, 0.05) is 29.5 Å². The van der Waals surface area contributed by atoms with Crippen molar-refractivity contribution in [3.63, 3.8) is 0 Å². The summed E-state index contributed by atoms with van der Waals surface area (Å²) < 4.78 is 16.8. The standard InChI is InChI=1S/C10H10Cl3O2P/c1-16(2,14)15-10(6-11)8-4-3-7(12)5-9(8)13/h3-6H,1-2H3. The second kappa shape index (κ2) is 5.46. The van der Waals surface area contributed by atoms with Crippen molar-refractivity contribution in [1.29, 1.82) is 0 Å². The molecular formula is C10H10Cl3O2P. The number of halogens is 3. The van der Waals surface area contributed by atoms with Gasteiger partial charge in [-0.1, -0.05) is 34.8 Å². The molecule has 1 aromatic rings. The maximum atomic E-state index is 11.5. The van der Waals surface area contributed by atoms with Gasteiger partial charge in [-0.2, -0.15) is 0 Å². The van der Waals surface area contributed by atoms with Crippen molar-refractivity contribution in [1.82, 2.24) is 0 Å². The Bertz CT molecular complexity index is 465. The van der Waals surface area contributed by atoms with Crippen molar-refractivity contribution >= 4 is 47.9 Å². The summed E-state index contributed by atoms with van der Waals surface area (Å²) in [7, 11) is -2.68. The van der Waals surface area contributed by atoms with E-state index in [1.54, 1.807) is 18.2 Å². The van der Waals surface area contributed by atoms with E-state index in [4.69, 9.17) is 39.3 Å². The molecule has 0 aliphatic carbocycles. The first kappa shape index (κ1) is 13.9. The van der Waals surface area contributed by atoms with Crippen LogP contribution in [0.15, 0.2) is 23.7 Å². The summed E-state index contributed by atoms with van der Waals surface area (Å²) in [5, 5.41) is 0.909. The first-order valence-corrected chi connectivity index (χ1v) is 8.05. The predicted octanol–water partition coefficient (Wildman–Crippen LogP) is 5.08. The van der Waals surface area contributed by atoms with Crippen molar-refractivity contribution in [2.75, 3.05) is 13.3 Å². The lowest BCUT2D eigenvalue weighted by Crippen LogP contribution is -1.90. The highest BCUT2D eigenvalue weighted by molar-refractivity contribution is 7.57. The highest BCUT2D eigenvalue weighted by atomic mass is 35.5. The van der Waals surface area contributed by atoms with Gasteiger partial charge in [0.1, 0.15) is 5.76 Å². The second-order valence-electron chi connectivity index (χ2n) is 3.44. The third kappa shape index (κ3) is 4.03. The zero-order valence-electron chi connectivity index (χ0n) is 8.71. The third-order valence-corrected chi connectivity index (χ3v) is 3.00. The fourth-order valence-electron chi connectivity index (χ4n) is 1.05. The molecule has 0 aromatic heterocycles. The topological polar surface area (TPSA) is 26.3 Å². The van der Waals surface area contributed by atoms with Crippen LogP contribution < -0.4 is 0 Å². The Morgan fingerprint density at radius 2 is 2.00 bits per heavy atom. The normalized spacial score (nSPS) is 12.7. The number of hydrogen-bond donors (Lipinski definition) is 0. The molecule has 1 rings (SSSR count). The molecule has 0 aliphatic rings. The molecule has 0 radical (unpaired) electrons. The van der Waals surface area contributed by atoms with Crippen LogP contribution in [0.1, 0.15) is 5.56 Å². The van der Waals surface area contributed by atoms with Crippen LogP contribution in [0.3, 0.4) is 0 Å². The number of hydrogen-bond acceptors (Lipinski definition) is 2. The minimum Gasteiger partial charge on any atom is -0.442 e. The van der Waals surface area contributed by atoms with Crippen LogP contribution in [0.25, 0.3) is 5.76 Å². The van der Waals surface area contributed by atoms with Crippen molar-refractivity contribution in [2.24, 2.45) is 0 Å². The third-order valence-electron chi connectivity index (χ3n) is 1.61. The Morgan fingerprint density at radius 3 is 2.44 bits per heavy atom. The minimum atomic E-state index is -2.68. The zero-order chi connectivity index (χ0) is 12.3. The summed E-state index contributed by atoms with van der Waals surface area (Å²) in [6.07, 6.45) is 0. The Morgan fingerprint density at radius 1 is 1.38 bits per heavy atom. The highest BCUT2D eigenvalue weighted by Crippen LogP contribution is 2.44. The predicted molar refractivity (Wildman–Crippen MR) is 70.8 cm³/mol. The summed E-state index contributed by atoms with van der Waals surface area (Å²) in [5.41, 5.74) is 1.76. The quantitative estimate of drug-likeness (QED) is 0.574. The summed E-state index contributed by atoms with van der Waals surface area (Å²) in [5.74, 6) is 0.275. The minimum absolute atomic E-state index is 0.275. The molecule has 0 N–H and O–H groups in total. The number of benzene rings is 1. The van der Waals surface area contributed by atoms with Gasteiger partial charge in [0.05, 0.1) is 5.02 Å². The van der Waals surface area contributed by atoms with Gasteiger partial charge in [-0.3, -0.25) is 4.57 Å². The van der Waals surface area contributed by atoms with Crippen molar-refractivity contribution < 1.29 is 9.09 Å². The van der Waals surface area contributed by atoms with Gasteiger partial charge in [-0.15, -0.1) is 0 Å². The van der Waals surface area contributed by atoms with Crippen molar-refractivity contribution in [3.05, 3.63) is 39.3 Å². The van der Waals surface area contributed by atoms with E-state index in [0.717, 1.165) is 0 Å². The van der Waals surface area contributed by atoms with Gasteiger partial charge in [0.2, 0.25) is 7.37 Å². The molecule has 0 saturated carbocycles. The van der Waals surface area contributed by atoms with Crippen LogP contribution in [0.4, 0.5) is 0 Å². The van der Waals surface area contributed by atoms with Gasteiger partial charge < -0.3 is 4.52 Å². The van der Waals surface area contributed by atoms with E-state index in [-0.39, 0.29) is 5.76 Å². The van der Waals surface area contributed by atoms with E-state index in [1.807, 2.05) is 0 Å². The maximum Gasteiger partial charge on any atom is 0.242 e. The van der Waals surface area contributed by atoms with Gasteiger partial charge in [-0.05, 0) is 18.2 Å². The van der Waals surface area contributed by atoms with Gasteiger partial charge in [-0.25, -0.2) is 0 Å². The molecule has 16 heavy (non-hydrogen) atoms. The van der Waals surface area contributed by atoms with E-state index in [0.29, 0.717) is 15.6 Å². The van der Waals surface area contributed by atoms with Crippen LogP contribution >= 0.6 is 42.2 Å². The molecule has 0 atom stereocenters. The molecule has 0 bridgehead atoms. The van der Waals surface area contributed by atoms with Crippen LogP contribution in [-0.4, -0.2) is 13.3 Å². The molecule has 0 fully saturated rings. The molecule has 1 aromatic carbocycles. The highest BCUT2D eigenvalue weighted by Gasteiger charge is 2.15. The van der Waals surface area contributed by atoms with Crippen molar-refractivity contribution in [2.45, 2.75) is 0 Å². The average Bonchev–Trinajstić information content (AvgIpc) is 2.13. The molecule has 0 heterocycles. The zero-order valence-corrected chi connectivity index (χ0v) is 11.9. The lowest BCUT2D eigenvalue weighted by molar-refractivity contribution is 0.472. The van der Waals surface area contributed by atoms with Crippen LogP contribution in [0.2, 0.25) is 10.0 Å². The molecule has 6 heteroatoms. The summed E-state index contributed by atoms with van der Waals surface area (Å²) in [6.45, 7) is 2.99. The Hall–Kier alpha value is -0.140. The molecule has 0 saturated heterocycles. The molecule has 2 nitrogen and oxygen atoms in total. The molecular weight excluding hydrogens is 289 g/mol. The van der Waals surface area contributed by atoms with E-state index in [9.17, 15) is 4.57 Å². The molecule has 0 unspecified atom stereocenters. The fraction of sp³-hybridized carbons (Fsp3) is 0.200. The van der Waals surface area contributed by atoms with Crippen LogP contribution in [-0.2, 0) is 9.09 Å². The average molecular weight is 300 g/mol. The fourth-order valence-corrected chi connectivity index (χ4v) is 2.40. The SMILES string of the molecule is CP(C)(=O)OC(=CCl)c1ccc(Cl)cc1Cl. The van der Waals surface area contributed by atoms with E-state index >= 15 is 0 Å². The Labute approximate surface area is 110 Å². The Kier molecular flexibility index (Phi) is 4.75.